The number of aromatic nitrogens is 2. The summed E-state index contributed by atoms with van der Waals surface area (Å²) >= 11 is 0. The monoisotopic (exact) mass is 452 g/mol. The van der Waals surface area contributed by atoms with E-state index in [9.17, 15) is 0 Å². The van der Waals surface area contributed by atoms with E-state index < -0.39 is 0 Å². The topological polar surface area (TPSA) is 66.6 Å². The van der Waals surface area contributed by atoms with E-state index in [-0.39, 0.29) is 11.3 Å². The summed E-state index contributed by atoms with van der Waals surface area (Å²) < 4.78 is 2.00. The third-order valence-electron chi connectivity index (χ3n) is 6.24. The lowest BCUT2D eigenvalue weighted by Crippen LogP contribution is -2.42. The van der Waals surface area contributed by atoms with Crippen molar-refractivity contribution in [2.75, 3.05) is 13.6 Å². The van der Waals surface area contributed by atoms with Crippen LogP contribution in [0.1, 0.15) is 36.5 Å². The molecular weight excluding hydrogens is 420 g/mol. The zero-order valence-electron chi connectivity index (χ0n) is 20.3. The summed E-state index contributed by atoms with van der Waals surface area (Å²) in [7, 11) is 1.72. The molecule has 0 saturated carbocycles. The molecular formula is C28H32N6. The summed E-state index contributed by atoms with van der Waals surface area (Å²) in [5.41, 5.74) is 8.58. The second-order valence-electron chi connectivity index (χ2n) is 9.24. The van der Waals surface area contributed by atoms with Crippen LogP contribution >= 0.6 is 0 Å². The molecule has 4 rings (SSSR count). The number of nitrogens with zero attached hydrogens (tertiary/aromatic N) is 4. The Balaban J connectivity index is 1.72. The van der Waals surface area contributed by atoms with Crippen LogP contribution in [0.5, 0.6) is 0 Å². The average molecular weight is 453 g/mol. The highest BCUT2D eigenvalue weighted by molar-refractivity contribution is 5.81. The first-order valence-corrected chi connectivity index (χ1v) is 11.4. The van der Waals surface area contributed by atoms with Crippen molar-refractivity contribution < 1.29 is 0 Å². The normalized spacial score (nSPS) is 13.0. The summed E-state index contributed by atoms with van der Waals surface area (Å²) in [4.78, 5) is 4.21. The third kappa shape index (κ3) is 4.86. The van der Waals surface area contributed by atoms with E-state index in [2.05, 4.69) is 126 Å². The Morgan fingerprint density at radius 3 is 2.44 bits per heavy atom. The van der Waals surface area contributed by atoms with Crippen LogP contribution < -0.4 is 10.7 Å². The Labute approximate surface area is 201 Å². The molecule has 4 aromatic rings. The molecule has 6 nitrogen and oxygen atoms in total. The molecule has 0 bridgehead atoms. The molecule has 0 saturated heterocycles. The van der Waals surface area contributed by atoms with Gasteiger partial charge in [-0.25, -0.2) is 10.1 Å². The van der Waals surface area contributed by atoms with Crippen molar-refractivity contribution in [1.29, 1.82) is 0 Å². The zero-order chi connectivity index (χ0) is 24.1. The van der Waals surface area contributed by atoms with Crippen LogP contribution in [0.15, 0.2) is 89.1 Å². The van der Waals surface area contributed by atoms with E-state index in [0.29, 0.717) is 12.5 Å². The van der Waals surface area contributed by atoms with Crippen LogP contribution in [-0.4, -0.2) is 36.0 Å². The molecule has 2 N–H and O–H groups in total. The lowest BCUT2D eigenvalue weighted by atomic mass is 9.71. The van der Waals surface area contributed by atoms with E-state index in [0.717, 1.165) is 16.6 Å². The van der Waals surface area contributed by atoms with E-state index in [1.807, 2.05) is 10.9 Å². The highest BCUT2D eigenvalue weighted by Crippen LogP contribution is 2.41. The van der Waals surface area contributed by atoms with E-state index in [1.165, 1.54) is 16.7 Å². The smallest absolute Gasteiger partial charge is 0.211 e. The maximum absolute atomic E-state index is 4.69. The fourth-order valence-electron chi connectivity index (χ4n) is 4.52. The summed E-state index contributed by atoms with van der Waals surface area (Å²) in [6, 6.07) is 25.8. The average Bonchev–Trinajstić information content (AvgIpc) is 3.26. The fraction of sp³-hybridized carbons (Fsp3) is 0.250. The summed E-state index contributed by atoms with van der Waals surface area (Å²) in [6.45, 7) is 10.8. The summed E-state index contributed by atoms with van der Waals surface area (Å²) in [5.74, 6) is 0.757. The van der Waals surface area contributed by atoms with Gasteiger partial charge in [-0.15, -0.1) is 0 Å². The molecule has 1 atom stereocenters. The first-order valence-electron chi connectivity index (χ1n) is 11.4. The van der Waals surface area contributed by atoms with Crippen LogP contribution in [0.3, 0.4) is 0 Å². The van der Waals surface area contributed by atoms with Gasteiger partial charge in [0.1, 0.15) is 0 Å². The predicted octanol–water partition coefficient (Wildman–Crippen LogP) is 5.27. The molecule has 0 aliphatic heterocycles. The third-order valence-corrected chi connectivity index (χ3v) is 6.24. The van der Waals surface area contributed by atoms with Crippen molar-refractivity contribution in [1.82, 2.24) is 20.5 Å². The van der Waals surface area contributed by atoms with Gasteiger partial charge in [0.15, 0.2) is 0 Å². The maximum atomic E-state index is 4.69. The minimum absolute atomic E-state index is 0.138. The van der Waals surface area contributed by atoms with Crippen molar-refractivity contribution in [2.45, 2.75) is 26.7 Å². The molecule has 1 unspecified atom stereocenters. The minimum Gasteiger partial charge on any atom is -0.354 e. The number of nitrogens with one attached hydrogen (secondary N) is 2. The van der Waals surface area contributed by atoms with Gasteiger partial charge in [-0.1, -0.05) is 67.9 Å². The lowest BCUT2D eigenvalue weighted by molar-refractivity contribution is 0.315. The first kappa shape index (κ1) is 23.2. The van der Waals surface area contributed by atoms with Crippen molar-refractivity contribution in [3.05, 3.63) is 95.7 Å². The van der Waals surface area contributed by atoms with Gasteiger partial charge in [0.05, 0.1) is 17.4 Å². The molecule has 0 radical (unpaired) electrons. The number of hydrogen-bond acceptors (Lipinski definition) is 3. The minimum atomic E-state index is -0.138. The van der Waals surface area contributed by atoms with Gasteiger partial charge in [-0.2, -0.15) is 10.2 Å². The predicted molar refractivity (Wildman–Crippen MR) is 142 cm³/mol. The van der Waals surface area contributed by atoms with E-state index in [1.54, 1.807) is 7.05 Å². The molecule has 174 valence electrons. The van der Waals surface area contributed by atoms with Gasteiger partial charge in [0, 0.05) is 31.6 Å². The van der Waals surface area contributed by atoms with Crippen molar-refractivity contribution in [3.8, 4) is 5.69 Å². The molecule has 1 aromatic heterocycles. The maximum Gasteiger partial charge on any atom is 0.211 e. The highest BCUT2D eigenvalue weighted by atomic mass is 15.4. The molecule has 1 heterocycles. The Kier molecular flexibility index (Phi) is 6.77. The van der Waals surface area contributed by atoms with Gasteiger partial charge >= 0.3 is 0 Å². The quantitative estimate of drug-likeness (QED) is 0.228. The molecule has 0 spiro atoms. The number of aliphatic imine (C=N–C) groups is 1. The number of rotatable bonds is 7. The zero-order valence-corrected chi connectivity index (χ0v) is 20.3. The second kappa shape index (κ2) is 9.91. The Morgan fingerprint density at radius 1 is 1.03 bits per heavy atom. The van der Waals surface area contributed by atoms with Gasteiger partial charge in [-0.3, -0.25) is 4.99 Å². The van der Waals surface area contributed by atoms with Gasteiger partial charge < -0.3 is 5.32 Å². The second-order valence-corrected chi connectivity index (χ2v) is 9.24. The van der Waals surface area contributed by atoms with Crippen molar-refractivity contribution in [2.24, 2.45) is 15.5 Å². The lowest BCUT2D eigenvalue weighted by Gasteiger charge is -2.36. The van der Waals surface area contributed by atoms with Gasteiger partial charge in [0.2, 0.25) is 5.96 Å². The number of hydrazone groups is 1. The number of hydrogen-bond donors (Lipinski definition) is 2. The van der Waals surface area contributed by atoms with E-state index >= 15 is 0 Å². The van der Waals surface area contributed by atoms with Crippen molar-refractivity contribution >= 4 is 23.6 Å². The SMILES string of the molecule is C=NNC(=NC)NCC(C)(C)C(c1ccccc1)c1ccc2c(cnn2-c2ccc(C)cc2)c1. The molecule has 34 heavy (non-hydrogen) atoms. The Bertz CT molecular complexity index is 1290. The number of guanidine groups is 1. The van der Waals surface area contributed by atoms with Crippen LogP contribution in [0.4, 0.5) is 0 Å². The fourth-order valence-corrected chi connectivity index (χ4v) is 4.52. The number of benzene rings is 3. The van der Waals surface area contributed by atoms with Gasteiger partial charge in [0.25, 0.3) is 0 Å². The molecule has 0 fully saturated rings. The largest absolute Gasteiger partial charge is 0.354 e. The van der Waals surface area contributed by atoms with Gasteiger partial charge in [-0.05, 0) is 47.7 Å². The Hall–Kier alpha value is -3.93. The number of fused-ring (bicyclic) bond motifs is 1. The van der Waals surface area contributed by atoms with Crippen LogP contribution in [0.2, 0.25) is 0 Å². The number of aryl methyl sites for hydroxylation is 1. The molecule has 3 aromatic carbocycles. The molecule has 0 amide bonds. The van der Waals surface area contributed by atoms with Crippen LogP contribution in [-0.2, 0) is 0 Å². The molecule has 0 aliphatic carbocycles. The van der Waals surface area contributed by atoms with Crippen LogP contribution in [0.25, 0.3) is 16.6 Å². The van der Waals surface area contributed by atoms with Crippen LogP contribution in [0, 0.1) is 12.3 Å². The first-order chi connectivity index (χ1) is 16.4. The molecule has 0 aliphatic rings. The van der Waals surface area contributed by atoms with E-state index in [4.69, 9.17) is 0 Å². The summed E-state index contributed by atoms with van der Waals surface area (Å²) in [6.07, 6.45) is 1.95. The Morgan fingerprint density at radius 2 is 1.76 bits per heavy atom. The van der Waals surface area contributed by atoms with Crippen molar-refractivity contribution in [3.63, 3.8) is 0 Å². The summed E-state index contributed by atoms with van der Waals surface area (Å²) in [5, 5.41) is 12.9. The molecule has 6 heteroatoms. The highest BCUT2D eigenvalue weighted by Gasteiger charge is 2.32. The standard InChI is InChI=1S/C28H32N6/c1-20-11-14-24(15-12-20)34-25-16-13-22(17-23(25)18-32-34)26(21-9-7-6-8-10-21)28(2,3)19-31-27(29-4)33-30-5/h6-18,26H,5,19H2,1-4H3,(H2,29,31,33).